The SMILES string of the molecule is O=C(O)c1cc(-c2cccc(-n3nccn3)c2)on1. The lowest BCUT2D eigenvalue weighted by atomic mass is 10.1. The van der Waals surface area contributed by atoms with E-state index in [1.54, 1.807) is 30.6 Å². The normalized spacial score (nSPS) is 10.5. The molecule has 19 heavy (non-hydrogen) atoms. The van der Waals surface area contributed by atoms with Gasteiger partial charge in [-0.1, -0.05) is 17.3 Å². The van der Waals surface area contributed by atoms with Gasteiger partial charge in [-0.05, 0) is 12.1 Å². The summed E-state index contributed by atoms with van der Waals surface area (Å²) >= 11 is 0. The summed E-state index contributed by atoms with van der Waals surface area (Å²) < 4.78 is 5.00. The Hall–Kier alpha value is -2.96. The Bertz CT molecular complexity index is 718. The van der Waals surface area contributed by atoms with Gasteiger partial charge in [0.15, 0.2) is 11.5 Å². The van der Waals surface area contributed by atoms with Crippen LogP contribution in [0.1, 0.15) is 10.5 Å². The van der Waals surface area contributed by atoms with Crippen molar-refractivity contribution in [2.24, 2.45) is 0 Å². The zero-order chi connectivity index (χ0) is 13.2. The van der Waals surface area contributed by atoms with Crippen LogP contribution in [-0.2, 0) is 0 Å². The monoisotopic (exact) mass is 256 g/mol. The Labute approximate surface area is 107 Å². The highest BCUT2D eigenvalue weighted by atomic mass is 16.5. The lowest BCUT2D eigenvalue weighted by Crippen LogP contribution is -1.97. The number of rotatable bonds is 3. The van der Waals surface area contributed by atoms with Crippen molar-refractivity contribution in [3.05, 3.63) is 48.4 Å². The van der Waals surface area contributed by atoms with Gasteiger partial charge in [0.25, 0.3) is 0 Å². The summed E-state index contributed by atoms with van der Waals surface area (Å²) in [5.74, 6) is -0.744. The highest BCUT2D eigenvalue weighted by Crippen LogP contribution is 2.22. The van der Waals surface area contributed by atoms with E-state index in [4.69, 9.17) is 9.63 Å². The van der Waals surface area contributed by atoms with Crippen LogP contribution in [0.15, 0.2) is 47.2 Å². The molecule has 0 saturated heterocycles. The molecular formula is C12H8N4O3. The molecule has 0 aliphatic carbocycles. The third kappa shape index (κ3) is 2.08. The molecule has 0 amide bonds. The van der Waals surface area contributed by atoms with Crippen LogP contribution < -0.4 is 0 Å². The number of carbonyl (C=O) groups is 1. The van der Waals surface area contributed by atoms with E-state index in [-0.39, 0.29) is 5.69 Å². The average Bonchev–Trinajstić information content (AvgIpc) is 3.10. The quantitative estimate of drug-likeness (QED) is 0.765. The maximum absolute atomic E-state index is 10.8. The highest BCUT2D eigenvalue weighted by Gasteiger charge is 2.12. The summed E-state index contributed by atoms with van der Waals surface area (Å²) in [5, 5.41) is 20.3. The van der Waals surface area contributed by atoms with Crippen molar-refractivity contribution in [3.63, 3.8) is 0 Å². The van der Waals surface area contributed by atoms with Gasteiger partial charge in [0, 0.05) is 11.6 Å². The molecule has 0 fully saturated rings. The molecule has 1 N–H and O–H groups in total. The smallest absolute Gasteiger partial charge is 0.358 e. The Balaban J connectivity index is 2.01. The van der Waals surface area contributed by atoms with E-state index in [0.717, 1.165) is 5.69 Å². The molecule has 0 atom stereocenters. The second kappa shape index (κ2) is 4.37. The number of aromatic nitrogens is 4. The fraction of sp³-hybridized carbons (Fsp3) is 0. The number of hydrogen-bond acceptors (Lipinski definition) is 5. The van der Waals surface area contributed by atoms with E-state index in [0.29, 0.717) is 11.3 Å². The van der Waals surface area contributed by atoms with Crippen molar-refractivity contribution in [1.82, 2.24) is 20.2 Å². The van der Waals surface area contributed by atoms with Crippen LogP contribution in [-0.4, -0.2) is 31.2 Å². The summed E-state index contributed by atoms with van der Waals surface area (Å²) in [6.45, 7) is 0. The fourth-order valence-electron chi connectivity index (χ4n) is 1.64. The zero-order valence-electron chi connectivity index (χ0n) is 9.59. The molecule has 1 aromatic carbocycles. The van der Waals surface area contributed by atoms with Crippen LogP contribution >= 0.6 is 0 Å². The van der Waals surface area contributed by atoms with Crippen molar-refractivity contribution in [3.8, 4) is 17.0 Å². The molecule has 0 aliphatic rings. The molecule has 0 saturated carbocycles. The molecule has 0 unspecified atom stereocenters. The third-order valence-corrected chi connectivity index (χ3v) is 2.51. The minimum Gasteiger partial charge on any atom is -0.476 e. The molecule has 2 aromatic heterocycles. The topological polar surface area (TPSA) is 94.0 Å². The molecule has 3 rings (SSSR count). The molecule has 7 heteroatoms. The second-order valence-electron chi connectivity index (χ2n) is 3.75. The van der Waals surface area contributed by atoms with Crippen molar-refractivity contribution in [1.29, 1.82) is 0 Å². The van der Waals surface area contributed by atoms with E-state index in [1.807, 2.05) is 6.07 Å². The summed E-state index contributed by atoms with van der Waals surface area (Å²) in [5.41, 5.74) is 1.32. The van der Waals surface area contributed by atoms with Crippen LogP contribution in [0.3, 0.4) is 0 Å². The van der Waals surface area contributed by atoms with E-state index >= 15 is 0 Å². The molecule has 2 heterocycles. The van der Waals surface area contributed by atoms with Crippen molar-refractivity contribution in [2.45, 2.75) is 0 Å². The van der Waals surface area contributed by atoms with Crippen LogP contribution in [0.5, 0.6) is 0 Å². The largest absolute Gasteiger partial charge is 0.476 e. The van der Waals surface area contributed by atoms with Gasteiger partial charge in [0.2, 0.25) is 0 Å². The first-order valence-electron chi connectivity index (χ1n) is 5.41. The van der Waals surface area contributed by atoms with Crippen LogP contribution in [0.4, 0.5) is 0 Å². The van der Waals surface area contributed by atoms with Crippen LogP contribution in [0.2, 0.25) is 0 Å². The van der Waals surface area contributed by atoms with Crippen molar-refractivity contribution >= 4 is 5.97 Å². The van der Waals surface area contributed by atoms with Crippen molar-refractivity contribution in [2.75, 3.05) is 0 Å². The van der Waals surface area contributed by atoms with Crippen LogP contribution in [0.25, 0.3) is 17.0 Å². The Kier molecular flexibility index (Phi) is 2.57. The first-order valence-corrected chi connectivity index (χ1v) is 5.41. The molecule has 0 aliphatic heterocycles. The average molecular weight is 256 g/mol. The lowest BCUT2D eigenvalue weighted by Gasteiger charge is -2.01. The number of nitrogens with zero attached hydrogens (tertiary/aromatic N) is 4. The number of benzene rings is 1. The first kappa shape index (κ1) is 11.1. The van der Waals surface area contributed by atoms with Gasteiger partial charge in [-0.3, -0.25) is 0 Å². The molecule has 3 aromatic rings. The predicted octanol–water partition coefficient (Wildman–Crippen LogP) is 1.62. The Morgan fingerprint density at radius 3 is 2.68 bits per heavy atom. The number of aromatic carboxylic acids is 1. The van der Waals surface area contributed by atoms with E-state index in [9.17, 15) is 4.79 Å². The lowest BCUT2D eigenvalue weighted by molar-refractivity contribution is 0.0686. The highest BCUT2D eigenvalue weighted by molar-refractivity contribution is 5.86. The fourth-order valence-corrected chi connectivity index (χ4v) is 1.64. The molecule has 0 spiro atoms. The van der Waals surface area contributed by atoms with E-state index < -0.39 is 5.97 Å². The molecule has 7 nitrogen and oxygen atoms in total. The summed E-state index contributed by atoms with van der Waals surface area (Å²) in [6, 6.07) is 8.58. The van der Waals surface area contributed by atoms with Gasteiger partial charge in [-0.25, -0.2) is 4.79 Å². The van der Waals surface area contributed by atoms with Gasteiger partial charge in [-0.15, -0.1) is 0 Å². The van der Waals surface area contributed by atoms with Gasteiger partial charge in [-0.2, -0.15) is 15.0 Å². The van der Waals surface area contributed by atoms with Crippen LogP contribution in [0, 0.1) is 0 Å². The standard InChI is InChI=1S/C12H8N4O3/c17-12(18)10-7-11(19-15-10)8-2-1-3-9(6-8)16-13-4-5-14-16/h1-7H,(H,17,18). The summed E-state index contributed by atoms with van der Waals surface area (Å²) in [6.07, 6.45) is 3.15. The molecule has 0 bridgehead atoms. The zero-order valence-corrected chi connectivity index (χ0v) is 9.59. The number of hydrogen-bond donors (Lipinski definition) is 1. The molecule has 0 radical (unpaired) electrons. The number of carboxylic acid groups (broad SMARTS) is 1. The molecular weight excluding hydrogens is 248 g/mol. The van der Waals surface area contributed by atoms with E-state index in [2.05, 4.69) is 15.4 Å². The van der Waals surface area contributed by atoms with Crippen molar-refractivity contribution < 1.29 is 14.4 Å². The van der Waals surface area contributed by atoms with Gasteiger partial charge in [0.1, 0.15) is 0 Å². The van der Waals surface area contributed by atoms with Gasteiger partial charge >= 0.3 is 5.97 Å². The number of carboxylic acids is 1. The van der Waals surface area contributed by atoms with Gasteiger partial charge < -0.3 is 9.63 Å². The molecule has 94 valence electrons. The predicted molar refractivity (Wildman–Crippen MR) is 63.8 cm³/mol. The minimum absolute atomic E-state index is 0.127. The maximum atomic E-state index is 10.8. The first-order chi connectivity index (χ1) is 9.24. The van der Waals surface area contributed by atoms with E-state index in [1.165, 1.54) is 10.9 Å². The summed E-state index contributed by atoms with van der Waals surface area (Å²) in [7, 11) is 0. The maximum Gasteiger partial charge on any atom is 0.358 e. The Morgan fingerprint density at radius 1 is 1.21 bits per heavy atom. The van der Waals surface area contributed by atoms with Gasteiger partial charge in [0.05, 0.1) is 18.1 Å². The second-order valence-corrected chi connectivity index (χ2v) is 3.75. The Morgan fingerprint density at radius 2 is 2.00 bits per heavy atom. The third-order valence-electron chi connectivity index (χ3n) is 2.51. The minimum atomic E-state index is -1.13. The summed E-state index contributed by atoms with van der Waals surface area (Å²) in [4.78, 5) is 12.2.